The molecule has 0 unspecified atom stereocenters. The van der Waals surface area contributed by atoms with Gasteiger partial charge in [0.1, 0.15) is 11.9 Å². The molecule has 0 amide bonds. The maximum Gasteiger partial charge on any atom is 0.193 e. The van der Waals surface area contributed by atoms with Gasteiger partial charge in [0.2, 0.25) is 0 Å². The van der Waals surface area contributed by atoms with Crippen LogP contribution in [0.25, 0.3) is 5.57 Å². The molecule has 0 spiro atoms. The molecule has 29 heavy (non-hydrogen) atoms. The zero-order valence-electron chi connectivity index (χ0n) is 16.7. The van der Waals surface area contributed by atoms with Crippen molar-refractivity contribution in [3.05, 3.63) is 69.8 Å². The highest BCUT2D eigenvalue weighted by atomic mass is 16.5. The zero-order valence-corrected chi connectivity index (χ0v) is 16.7. The van der Waals surface area contributed by atoms with E-state index in [2.05, 4.69) is 26.0 Å². The first-order valence-electron chi connectivity index (χ1n) is 10.2. The highest BCUT2D eigenvalue weighted by Gasteiger charge is 2.43. The summed E-state index contributed by atoms with van der Waals surface area (Å²) in [6.45, 7) is 5.84. The second-order valence-corrected chi connectivity index (χ2v) is 8.61. The predicted octanol–water partition coefficient (Wildman–Crippen LogP) is 4.60. The summed E-state index contributed by atoms with van der Waals surface area (Å²) in [7, 11) is 0. The third-order valence-electron chi connectivity index (χ3n) is 6.53. The Bertz CT molecular complexity index is 1100. The van der Waals surface area contributed by atoms with Crippen LogP contribution in [0.2, 0.25) is 0 Å². The van der Waals surface area contributed by atoms with Crippen LogP contribution < -0.4 is 4.74 Å². The van der Waals surface area contributed by atoms with E-state index >= 15 is 0 Å². The average Bonchev–Trinajstić information content (AvgIpc) is 3.13. The second kappa shape index (κ2) is 6.57. The third-order valence-corrected chi connectivity index (χ3v) is 6.53. The quantitative estimate of drug-likeness (QED) is 0.758. The SMILES string of the molecule is CC1(C)C2=C(C(=O)c3ccc(OC4CCOCC4)cc31)c1ccc(C#N)cc1C2. The minimum absolute atomic E-state index is 0.0791. The van der Waals surface area contributed by atoms with Crippen LogP contribution in [0.15, 0.2) is 42.0 Å². The molecule has 0 bridgehead atoms. The molecular weight excluding hydrogens is 362 g/mol. The Hall–Kier alpha value is -2.90. The summed E-state index contributed by atoms with van der Waals surface area (Å²) in [6.07, 6.45) is 2.67. The predicted molar refractivity (Wildman–Crippen MR) is 110 cm³/mol. The van der Waals surface area contributed by atoms with Crippen LogP contribution >= 0.6 is 0 Å². The van der Waals surface area contributed by atoms with Gasteiger partial charge in [-0.1, -0.05) is 19.9 Å². The van der Waals surface area contributed by atoms with E-state index in [1.807, 2.05) is 24.3 Å². The van der Waals surface area contributed by atoms with E-state index in [1.54, 1.807) is 6.07 Å². The Balaban J connectivity index is 1.54. The number of rotatable bonds is 2. The maximum absolute atomic E-state index is 13.4. The Labute approximate surface area is 170 Å². The fourth-order valence-electron chi connectivity index (χ4n) is 4.88. The minimum atomic E-state index is -0.278. The van der Waals surface area contributed by atoms with Crippen LogP contribution in [0, 0.1) is 11.3 Å². The van der Waals surface area contributed by atoms with Gasteiger partial charge in [-0.05, 0) is 59.0 Å². The molecule has 4 nitrogen and oxygen atoms in total. The van der Waals surface area contributed by atoms with Crippen molar-refractivity contribution in [3.63, 3.8) is 0 Å². The molecule has 3 aliphatic rings. The first-order chi connectivity index (χ1) is 14.0. The minimum Gasteiger partial charge on any atom is -0.490 e. The Morgan fingerprint density at radius 2 is 1.86 bits per heavy atom. The van der Waals surface area contributed by atoms with E-state index in [1.165, 1.54) is 0 Å². The summed E-state index contributed by atoms with van der Waals surface area (Å²) in [4.78, 5) is 13.4. The summed E-state index contributed by atoms with van der Waals surface area (Å²) in [6, 6.07) is 13.7. The normalized spacial score (nSPS) is 20.0. The van der Waals surface area contributed by atoms with Crippen molar-refractivity contribution in [2.45, 2.75) is 44.6 Å². The molecule has 2 aromatic carbocycles. The number of carbonyl (C=O) groups is 1. The van der Waals surface area contributed by atoms with E-state index in [0.29, 0.717) is 12.0 Å². The van der Waals surface area contributed by atoms with E-state index < -0.39 is 0 Å². The fourth-order valence-corrected chi connectivity index (χ4v) is 4.88. The summed E-state index contributed by atoms with van der Waals surface area (Å²) >= 11 is 0. The van der Waals surface area contributed by atoms with Crippen molar-refractivity contribution < 1.29 is 14.3 Å². The molecule has 0 N–H and O–H groups in total. The van der Waals surface area contributed by atoms with Gasteiger partial charge >= 0.3 is 0 Å². The summed E-state index contributed by atoms with van der Waals surface area (Å²) < 4.78 is 11.6. The number of hydrogen-bond acceptors (Lipinski definition) is 4. The van der Waals surface area contributed by atoms with Gasteiger partial charge in [-0.25, -0.2) is 0 Å². The molecule has 0 aromatic heterocycles. The van der Waals surface area contributed by atoms with Gasteiger partial charge in [0, 0.05) is 29.4 Å². The molecule has 5 rings (SSSR count). The van der Waals surface area contributed by atoms with Crippen LogP contribution in [-0.4, -0.2) is 25.1 Å². The topological polar surface area (TPSA) is 59.3 Å². The van der Waals surface area contributed by atoms with Gasteiger partial charge in [-0.15, -0.1) is 0 Å². The van der Waals surface area contributed by atoms with E-state index in [9.17, 15) is 10.1 Å². The summed E-state index contributed by atoms with van der Waals surface area (Å²) in [5.41, 5.74) is 6.15. The first kappa shape index (κ1) is 18.1. The van der Waals surface area contributed by atoms with Gasteiger partial charge in [0.25, 0.3) is 0 Å². The molecule has 1 saturated heterocycles. The lowest BCUT2D eigenvalue weighted by Gasteiger charge is -2.35. The fraction of sp³-hybridized carbons (Fsp3) is 0.360. The Morgan fingerprint density at radius 1 is 1.10 bits per heavy atom. The molecule has 0 atom stereocenters. The van der Waals surface area contributed by atoms with Crippen molar-refractivity contribution in [1.29, 1.82) is 5.26 Å². The van der Waals surface area contributed by atoms with Crippen LogP contribution in [-0.2, 0) is 16.6 Å². The average molecular weight is 385 g/mol. The third kappa shape index (κ3) is 2.81. The van der Waals surface area contributed by atoms with Crippen molar-refractivity contribution in [2.75, 3.05) is 13.2 Å². The number of ketones is 1. The Kier molecular flexibility index (Phi) is 4.11. The number of carbonyl (C=O) groups excluding carboxylic acids is 1. The Morgan fingerprint density at radius 3 is 2.62 bits per heavy atom. The number of ether oxygens (including phenoxy) is 2. The van der Waals surface area contributed by atoms with Gasteiger partial charge in [0.15, 0.2) is 5.78 Å². The maximum atomic E-state index is 13.4. The number of fused-ring (bicyclic) bond motifs is 3. The van der Waals surface area contributed by atoms with Gasteiger partial charge in [-0.3, -0.25) is 4.79 Å². The van der Waals surface area contributed by atoms with Crippen LogP contribution in [0.4, 0.5) is 0 Å². The lowest BCUT2D eigenvalue weighted by molar-refractivity contribution is 0.0255. The van der Waals surface area contributed by atoms with Crippen molar-refractivity contribution in [3.8, 4) is 11.8 Å². The second-order valence-electron chi connectivity index (χ2n) is 8.61. The smallest absolute Gasteiger partial charge is 0.193 e. The molecule has 2 aliphatic carbocycles. The number of benzene rings is 2. The lowest BCUT2D eigenvalue weighted by Crippen LogP contribution is -2.30. The molecule has 146 valence electrons. The molecule has 0 radical (unpaired) electrons. The molecule has 2 aromatic rings. The molecular formula is C25H23NO3. The van der Waals surface area contributed by atoms with Crippen LogP contribution in [0.5, 0.6) is 5.75 Å². The highest BCUT2D eigenvalue weighted by Crippen LogP contribution is 2.50. The number of hydrogen-bond donors (Lipinski definition) is 0. The number of Topliss-reactive ketones (excluding diaryl/α,β-unsaturated/α-hetero) is 1. The van der Waals surface area contributed by atoms with Crippen molar-refractivity contribution in [1.82, 2.24) is 0 Å². The molecule has 1 fully saturated rings. The standard InChI is InChI=1S/C25H23NO3/c1-25(2)21-13-18(29-17-7-9-28-10-8-17)4-6-20(21)24(27)23-19-5-3-15(14-26)11-16(19)12-22(23)25/h3-6,11,13,17H,7-10,12H2,1-2H3. The largest absolute Gasteiger partial charge is 0.490 e. The number of allylic oxidation sites excluding steroid dienone is 2. The van der Waals surface area contributed by atoms with Crippen molar-refractivity contribution in [2.24, 2.45) is 0 Å². The number of nitriles is 1. The highest BCUT2D eigenvalue weighted by molar-refractivity contribution is 6.33. The lowest BCUT2D eigenvalue weighted by atomic mass is 9.68. The first-order valence-corrected chi connectivity index (χ1v) is 10.2. The monoisotopic (exact) mass is 385 g/mol. The van der Waals surface area contributed by atoms with Gasteiger partial charge < -0.3 is 9.47 Å². The van der Waals surface area contributed by atoms with Crippen LogP contribution in [0.3, 0.4) is 0 Å². The van der Waals surface area contributed by atoms with Crippen LogP contribution in [0.1, 0.15) is 59.3 Å². The molecule has 4 heteroatoms. The number of nitrogens with zero attached hydrogens (tertiary/aromatic N) is 1. The molecule has 0 saturated carbocycles. The molecule has 1 aliphatic heterocycles. The van der Waals surface area contributed by atoms with Gasteiger partial charge in [-0.2, -0.15) is 5.26 Å². The van der Waals surface area contributed by atoms with Gasteiger partial charge in [0.05, 0.1) is 24.8 Å². The zero-order chi connectivity index (χ0) is 20.2. The van der Waals surface area contributed by atoms with E-state index in [4.69, 9.17) is 9.47 Å². The van der Waals surface area contributed by atoms with Crippen molar-refractivity contribution >= 4 is 11.4 Å². The summed E-state index contributed by atoms with van der Waals surface area (Å²) in [5, 5.41) is 9.24. The van der Waals surface area contributed by atoms with E-state index in [0.717, 1.165) is 65.2 Å². The summed E-state index contributed by atoms with van der Waals surface area (Å²) in [5.74, 6) is 0.901. The molecule has 1 heterocycles. The van der Waals surface area contributed by atoms with E-state index in [-0.39, 0.29) is 17.3 Å².